The number of carbonyl (C=O) groups is 1. The van der Waals surface area contributed by atoms with Crippen molar-refractivity contribution < 1.29 is 9.53 Å². The second-order valence-corrected chi connectivity index (χ2v) is 4.37. The van der Waals surface area contributed by atoms with Crippen LogP contribution in [0.5, 0.6) is 0 Å². The maximum Gasteiger partial charge on any atom is 0.305 e. The van der Waals surface area contributed by atoms with E-state index in [-0.39, 0.29) is 5.97 Å². The maximum absolute atomic E-state index is 10.2. The second-order valence-electron chi connectivity index (χ2n) is 4.37. The lowest BCUT2D eigenvalue weighted by molar-refractivity contribution is -0.142. The average molecular weight is 250 g/mol. The van der Waals surface area contributed by atoms with E-state index in [0.29, 0.717) is 13.0 Å². The SMILES string of the molecule is CCOC(=O)CC.CCc1cc(C)c(C)c(C)c1. The largest absolute Gasteiger partial charge is 0.466 e. The molecule has 0 saturated heterocycles. The highest BCUT2D eigenvalue weighted by Gasteiger charge is 1.98. The van der Waals surface area contributed by atoms with E-state index in [1.165, 1.54) is 22.3 Å². The highest BCUT2D eigenvalue weighted by Crippen LogP contribution is 2.15. The summed E-state index contributed by atoms with van der Waals surface area (Å²) >= 11 is 0. The lowest BCUT2D eigenvalue weighted by Crippen LogP contribution is -2.00. The van der Waals surface area contributed by atoms with Gasteiger partial charge < -0.3 is 4.74 Å². The number of rotatable bonds is 3. The predicted octanol–water partition coefficient (Wildman–Crippen LogP) is 4.13. The number of benzene rings is 1. The summed E-state index contributed by atoms with van der Waals surface area (Å²) in [5.41, 5.74) is 5.72. The van der Waals surface area contributed by atoms with Crippen LogP contribution in [0.25, 0.3) is 0 Å². The molecule has 0 amide bonds. The highest BCUT2D eigenvalue weighted by molar-refractivity contribution is 5.68. The summed E-state index contributed by atoms with van der Waals surface area (Å²) in [6.07, 6.45) is 1.62. The third-order valence-corrected chi connectivity index (χ3v) is 2.99. The predicted molar refractivity (Wildman–Crippen MR) is 77.0 cm³/mol. The van der Waals surface area contributed by atoms with E-state index in [0.717, 1.165) is 6.42 Å². The van der Waals surface area contributed by atoms with Crippen LogP contribution in [0.15, 0.2) is 12.1 Å². The summed E-state index contributed by atoms with van der Waals surface area (Å²) in [5.74, 6) is -0.123. The fourth-order valence-corrected chi connectivity index (χ4v) is 1.59. The second kappa shape index (κ2) is 8.73. The molecule has 1 aromatic carbocycles. The summed E-state index contributed by atoms with van der Waals surface area (Å²) in [7, 11) is 0. The molecule has 0 unspecified atom stereocenters. The van der Waals surface area contributed by atoms with Gasteiger partial charge in [0.2, 0.25) is 0 Å². The topological polar surface area (TPSA) is 26.3 Å². The van der Waals surface area contributed by atoms with Crippen molar-refractivity contribution in [2.24, 2.45) is 0 Å². The van der Waals surface area contributed by atoms with Crippen LogP contribution in [-0.4, -0.2) is 12.6 Å². The van der Waals surface area contributed by atoms with Gasteiger partial charge in [-0.15, -0.1) is 0 Å². The van der Waals surface area contributed by atoms with Gasteiger partial charge in [-0.2, -0.15) is 0 Å². The van der Waals surface area contributed by atoms with Crippen molar-refractivity contribution in [3.05, 3.63) is 34.4 Å². The first kappa shape index (κ1) is 16.7. The number of esters is 1. The molecular formula is C16H26O2. The van der Waals surface area contributed by atoms with E-state index in [2.05, 4.69) is 44.6 Å². The molecule has 0 atom stereocenters. The summed E-state index contributed by atoms with van der Waals surface area (Å²) in [6, 6.07) is 4.56. The third-order valence-electron chi connectivity index (χ3n) is 2.99. The summed E-state index contributed by atoms with van der Waals surface area (Å²) in [5, 5.41) is 0. The van der Waals surface area contributed by atoms with Crippen LogP contribution in [0, 0.1) is 20.8 Å². The molecule has 0 radical (unpaired) electrons. The molecule has 0 saturated carbocycles. The monoisotopic (exact) mass is 250 g/mol. The lowest BCUT2D eigenvalue weighted by atomic mass is 10.00. The van der Waals surface area contributed by atoms with Gasteiger partial charge in [0.05, 0.1) is 6.61 Å². The molecule has 0 N–H and O–H groups in total. The minimum Gasteiger partial charge on any atom is -0.466 e. The van der Waals surface area contributed by atoms with E-state index in [4.69, 9.17) is 0 Å². The molecule has 0 aliphatic carbocycles. The van der Waals surface area contributed by atoms with E-state index < -0.39 is 0 Å². The van der Waals surface area contributed by atoms with Gasteiger partial charge in [-0.25, -0.2) is 0 Å². The first-order valence-electron chi connectivity index (χ1n) is 6.68. The molecule has 0 aromatic heterocycles. The zero-order valence-corrected chi connectivity index (χ0v) is 12.6. The molecule has 0 aliphatic heterocycles. The first-order valence-corrected chi connectivity index (χ1v) is 6.68. The Bertz CT molecular complexity index is 358. The number of ether oxygens (including phenoxy) is 1. The average Bonchev–Trinajstić information content (AvgIpc) is 2.36. The zero-order chi connectivity index (χ0) is 14.1. The van der Waals surface area contributed by atoms with Gasteiger partial charge in [-0.1, -0.05) is 26.0 Å². The standard InChI is InChI=1S/C11H16.C5H10O2/c1-5-11-6-8(2)10(4)9(3)7-11;1-3-5(6)7-4-2/h6-7H,5H2,1-4H3;3-4H2,1-2H3. The van der Waals surface area contributed by atoms with E-state index in [1.54, 1.807) is 13.8 Å². The minimum absolute atomic E-state index is 0.123. The van der Waals surface area contributed by atoms with Crippen molar-refractivity contribution >= 4 is 5.97 Å². The summed E-state index contributed by atoms with van der Waals surface area (Å²) in [6.45, 7) is 12.8. The molecule has 1 aromatic rings. The van der Waals surface area contributed by atoms with Gasteiger partial charge in [0.25, 0.3) is 0 Å². The van der Waals surface area contributed by atoms with Crippen molar-refractivity contribution in [1.82, 2.24) is 0 Å². The minimum atomic E-state index is -0.123. The maximum atomic E-state index is 10.2. The van der Waals surface area contributed by atoms with E-state index in [9.17, 15) is 4.79 Å². The Morgan fingerprint density at radius 1 is 1.06 bits per heavy atom. The van der Waals surface area contributed by atoms with Crippen LogP contribution >= 0.6 is 0 Å². The molecule has 18 heavy (non-hydrogen) atoms. The fourth-order valence-electron chi connectivity index (χ4n) is 1.59. The first-order chi connectivity index (χ1) is 8.46. The molecule has 0 fully saturated rings. The van der Waals surface area contributed by atoms with Gasteiger partial charge in [0.15, 0.2) is 0 Å². The Labute approximate surface area is 111 Å². The van der Waals surface area contributed by atoms with Crippen LogP contribution in [0.3, 0.4) is 0 Å². The molecule has 0 spiro atoms. The number of aryl methyl sites for hydroxylation is 3. The van der Waals surface area contributed by atoms with Gasteiger partial charge in [-0.05, 0) is 56.4 Å². The van der Waals surface area contributed by atoms with Crippen molar-refractivity contribution in [1.29, 1.82) is 0 Å². The Hall–Kier alpha value is -1.31. The summed E-state index contributed by atoms with van der Waals surface area (Å²) in [4.78, 5) is 10.2. The van der Waals surface area contributed by atoms with Crippen LogP contribution in [-0.2, 0) is 16.0 Å². The molecular weight excluding hydrogens is 224 g/mol. The Kier molecular flexibility index (Phi) is 8.10. The zero-order valence-electron chi connectivity index (χ0n) is 12.6. The van der Waals surface area contributed by atoms with Crippen LogP contribution in [0.4, 0.5) is 0 Å². The molecule has 0 aliphatic rings. The van der Waals surface area contributed by atoms with Crippen LogP contribution in [0.1, 0.15) is 49.4 Å². The molecule has 102 valence electrons. The van der Waals surface area contributed by atoms with Crippen molar-refractivity contribution in [3.8, 4) is 0 Å². The molecule has 0 bridgehead atoms. The quantitative estimate of drug-likeness (QED) is 0.754. The number of hydrogen-bond donors (Lipinski definition) is 0. The number of hydrogen-bond acceptors (Lipinski definition) is 2. The normalized spacial score (nSPS) is 9.44. The van der Waals surface area contributed by atoms with Crippen molar-refractivity contribution in [2.45, 2.75) is 54.4 Å². The molecule has 2 nitrogen and oxygen atoms in total. The Balaban J connectivity index is 0.000000360. The highest BCUT2D eigenvalue weighted by atomic mass is 16.5. The molecule has 1 rings (SSSR count). The summed E-state index contributed by atoms with van der Waals surface area (Å²) < 4.78 is 4.55. The van der Waals surface area contributed by atoms with Crippen molar-refractivity contribution in [2.75, 3.05) is 6.61 Å². The van der Waals surface area contributed by atoms with Gasteiger partial charge in [0, 0.05) is 6.42 Å². The lowest BCUT2D eigenvalue weighted by Gasteiger charge is -2.06. The third kappa shape index (κ3) is 5.85. The van der Waals surface area contributed by atoms with Crippen LogP contribution in [0.2, 0.25) is 0 Å². The van der Waals surface area contributed by atoms with E-state index >= 15 is 0 Å². The van der Waals surface area contributed by atoms with Gasteiger partial charge >= 0.3 is 5.97 Å². The van der Waals surface area contributed by atoms with Crippen molar-refractivity contribution in [3.63, 3.8) is 0 Å². The Morgan fingerprint density at radius 2 is 1.56 bits per heavy atom. The Morgan fingerprint density at radius 3 is 1.83 bits per heavy atom. The fraction of sp³-hybridized carbons (Fsp3) is 0.562. The van der Waals surface area contributed by atoms with Crippen LogP contribution < -0.4 is 0 Å². The smallest absolute Gasteiger partial charge is 0.305 e. The molecule has 0 heterocycles. The van der Waals surface area contributed by atoms with E-state index in [1.807, 2.05) is 0 Å². The molecule has 2 heteroatoms. The van der Waals surface area contributed by atoms with Gasteiger partial charge in [0.1, 0.15) is 0 Å². The number of carbonyl (C=O) groups excluding carboxylic acids is 1. The van der Waals surface area contributed by atoms with Gasteiger partial charge in [-0.3, -0.25) is 4.79 Å².